The average molecular weight is 143 g/mol. The Labute approximate surface area is 65.2 Å². The fraction of sp³-hybridized carbons (Fsp3) is 1.00. The molecule has 0 saturated heterocycles. The molecule has 0 aliphatic rings. The first kappa shape index (κ1) is 9.96. The molecule has 0 fully saturated rings. The Morgan fingerprint density at radius 1 is 1.30 bits per heavy atom. The molecule has 0 aliphatic heterocycles. The lowest BCUT2D eigenvalue weighted by atomic mass is 9.98. The number of nitrogens with one attached hydrogen (secondary N) is 1. The summed E-state index contributed by atoms with van der Waals surface area (Å²) in [5, 5.41) is 3.25. The third-order valence-corrected chi connectivity index (χ3v) is 2.03. The minimum Gasteiger partial charge on any atom is -0.317 e. The fourth-order valence-corrected chi connectivity index (χ4v) is 1.33. The predicted octanol–water partition coefficient (Wildman–Crippen LogP) is 2.42. The van der Waals surface area contributed by atoms with E-state index in [1.807, 2.05) is 7.05 Å². The van der Waals surface area contributed by atoms with Gasteiger partial charge in [-0.1, -0.05) is 26.7 Å². The van der Waals surface area contributed by atoms with Crippen molar-refractivity contribution in [2.24, 2.45) is 5.92 Å². The first-order valence-electron chi connectivity index (χ1n) is 4.38. The average Bonchev–Trinajstić information content (AvgIpc) is 1.88. The molecule has 0 radical (unpaired) electrons. The summed E-state index contributed by atoms with van der Waals surface area (Å²) in [4.78, 5) is 0. The molecule has 62 valence electrons. The molecule has 1 heteroatoms. The Hall–Kier alpha value is -0.0400. The zero-order valence-corrected chi connectivity index (χ0v) is 7.78. The second-order valence-electron chi connectivity index (χ2n) is 3.32. The van der Waals surface area contributed by atoms with Crippen LogP contribution in [0, 0.1) is 5.92 Å². The summed E-state index contributed by atoms with van der Waals surface area (Å²) in [5.41, 5.74) is 0. The van der Waals surface area contributed by atoms with E-state index in [1.54, 1.807) is 0 Å². The molecule has 0 bridgehead atoms. The monoisotopic (exact) mass is 143 g/mol. The molecule has 0 heterocycles. The third kappa shape index (κ3) is 4.80. The van der Waals surface area contributed by atoms with Gasteiger partial charge in [-0.15, -0.1) is 0 Å². The molecule has 0 aliphatic carbocycles. The van der Waals surface area contributed by atoms with Crippen LogP contribution in [0.15, 0.2) is 0 Å². The van der Waals surface area contributed by atoms with Gasteiger partial charge in [0.25, 0.3) is 0 Å². The number of rotatable bonds is 5. The highest BCUT2D eigenvalue weighted by Gasteiger charge is 2.04. The van der Waals surface area contributed by atoms with Gasteiger partial charge in [0.15, 0.2) is 0 Å². The molecule has 0 spiro atoms. The van der Waals surface area contributed by atoms with Gasteiger partial charge in [-0.3, -0.25) is 0 Å². The lowest BCUT2D eigenvalue weighted by molar-refractivity contribution is 0.416. The van der Waals surface area contributed by atoms with E-state index in [0.717, 1.165) is 5.92 Å². The summed E-state index contributed by atoms with van der Waals surface area (Å²) in [6.07, 6.45) is 3.99. The zero-order valence-electron chi connectivity index (χ0n) is 7.78. The van der Waals surface area contributed by atoms with Crippen LogP contribution >= 0.6 is 0 Å². The second kappa shape index (κ2) is 5.72. The molecule has 1 N–H and O–H groups in total. The van der Waals surface area contributed by atoms with Gasteiger partial charge in [0.2, 0.25) is 0 Å². The van der Waals surface area contributed by atoms with E-state index in [2.05, 4.69) is 26.1 Å². The Morgan fingerprint density at radius 2 is 1.90 bits per heavy atom. The highest BCUT2D eigenvalue weighted by atomic mass is 14.8. The molecule has 1 unspecified atom stereocenters. The molecule has 0 aromatic heterocycles. The predicted molar refractivity (Wildman–Crippen MR) is 47.2 cm³/mol. The number of hydrogen-bond donors (Lipinski definition) is 1. The topological polar surface area (TPSA) is 12.0 Å². The normalized spacial score (nSPS) is 16.8. The molecular formula is C9H21N. The Balaban J connectivity index is 3.27. The van der Waals surface area contributed by atoms with E-state index in [4.69, 9.17) is 0 Å². The molecule has 2 atom stereocenters. The van der Waals surface area contributed by atoms with Gasteiger partial charge in [0, 0.05) is 6.04 Å². The molecule has 0 rings (SSSR count). The van der Waals surface area contributed by atoms with Crippen LogP contribution in [0.2, 0.25) is 0 Å². The van der Waals surface area contributed by atoms with E-state index < -0.39 is 0 Å². The quantitative estimate of drug-likeness (QED) is 0.623. The first-order valence-corrected chi connectivity index (χ1v) is 4.38. The second-order valence-corrected chi connectivity index (χ2v) is 3.32. The van der Waals surface area contributed by atoms with Crippen molar-refractivity contribution in [3.05, 3.63) is 0 Å². The van der Waals surface area contributed by atoms with Crippen LogP contribution in [0.25, 0.3) is 0 Å². The van der Waals surface area contributed by atoms with Crippen LogP contribution in [0.3, 0.4) is 0 Å². The lowest BCUT2D eigenvalue weighted by Gasteiger charge is -2.15. The Bertz CT molecular complexity index is 71.1. The maximum atomic E-state index is 3.25. The van der Waals surface area contributed by atoms with Crippen molar-refractivity contribution >= 4 is 0 Å². The van der Waals surface area contributed by atoms with Crippen molar-refractivity contribution in [2.75, 3.05) is 7.05 Å². The van der Waals surface area contributed by atoms with Crippen molar-refractivity contribution in [3.63, 3.8) is 0 Å². The van der Waals surface area contributed by atoms with Crippen LogP contribution in [-0.2, 0) is 0 Å². The minimum absolute atomic E-state index is 0.682. The van der Waals surface area contributed by atoms with Crippen molar-refractivity contribution in [1.29, 1.82) is 0 Å². The standard InChI is InChI=1S/C9H21N/c1-5-6-8(2)7-9(3)10-4/h8-10H,5-7H2,1-4H3/t8-,9?/m1/s1. The minimum atomic E-state index is 0.682. The number of hydrogen-bond acceptors (Lipinski definition) is 1. The van der Waals surface area contributed by atoms with E-state index in [1.165, 1.54) is 19.3 Å². The van der Waals surface area contributed by atoms with Gasteiger partial charge < -0.3 is 5.32 Å². The van der Waals surface area contributed by atoms with Crippen molar-refractivity contribution in [2.45, 2.75) is 46.1 Å². The Kier molecular flexibility index (Phi) is 5.70. The molecule has 0 aromatic carbocycles. The third-order valence-electron chi connectivity index (χ3n) is 2.03. The summed E-state index contributed by atoms with van der Waals surface area (Å²) in [6, 6.07) is 0.682. The lowest BCUT2D eigenvalue weighted by Crippen LogP contribution is -2.23. The van der Waals surface area contributed by atoms with Crippen molar-refractivity contribution in [1.82, 2.24) is 5.32 Å². The van der Waals surface area contributed by atoms with E-state index >= 15 is 0 Å². The zero-order chi connectivity index (χ0) is 7.98. The molecule has 10 heavy (non-hydrogen) atoms. The van der Waals surface area contributed by atoms with Gasteiger partial charge in [0.1, 0.15) is 0 Å². The molecular weight excluding hydrogens is 122 g/mol. The molecule has 0 aromatic rings. The fourth-order valence-electron chi connectivity index (χ4n) is 1.33. The molecule has 0 amide bonds. The highest BCUT2D eigenvalue weighted by Crippen LogP contribution is 2.11. The Morgan fingerprint density at radius 3 is 2.30 bits per heavy atom. The maximum Gasteiger partial charge on any atom is 0.00382 e. The maximum absolute atomic E-state index is 3.25. The van der Waals surface area contributed by atoms with Gasteiger partial charge in [-0.25, -0.2) is 0 Å². The largest absolute Gasteiger partial charge is 0.317 e. The van der Waals surface area contributed by atoms with Crippen LogP contribution in [-0.4, -0.2) is 13.1 Å². The molecule has 0 saturated carbocycles. The first-order chi connectivity index (χ1) is 4.70. The van der Waals surface area contributed by atoms with Crippen LogP contribution in [0.4, 0.5) is 0 Å². The van der Waals surface area contributed by atoms with E-state index in [0.29, 0.717) is 6.04 Å². The van der Waals surface area contributed by atoms with Crippen LogP contribution in [0.5, 0.6) is 0 Å². The highest BCUT2D eigenvalue weighted by molar-refractivity contribution is 4.62. The van der Waals surface area contributed by atoms with Gasteiger partial charge in [-0.2, -0.15) is 0 Å². The van der Waals surface area contributed by atoms with Crippen LogP contribution in [0.1, 0.15) is 40.0 Å². The van der Waals surface area contributed by atoms with Gasteiger partial charge in [0.05, 0.1) is 0 Å². The summed E-state index contributed by atoms with van der Waals surface area (Å²) in [6.45, 7) is 6.82. The van der Waals surface area contributed by atoms with E-state index in [9.17, 15) is 0 Å². The summed E-state index contributed by atoms with van der Waals surface area (Å²) in [5.74, 6) is 0.882. The summed E-state index contributed by atoms with van der Waals surface area (Å²) in [7, 11) is 2.03. The van der Waals surface area contributed by atoms with Crippen molar-refractivity contribution < 1.29 is 0 Å². The van der Waals surface area contributed by atoms with Gasteiger partial charge >= 0.3 is 0 Å². The molecule has 1 nitrogen and oxygen atoms in total. The van der Waals surface area contributed by atoms with Gasteiger partial charge in [-0.05, 0) is 26.3 Å². The van der Waals surface area contributed by atoms with Crippen LogP contribution < -0.4 is 5.32 Å². The summed E-state index contributed by atoms with van der Waals surface area (Å²) >= 11 is 0. The SMILES string of the molecule is CCC[C@@H](C)CC(C)NC. The van der Waals surface area contributed by atoms with E-state index in [-0.39, 0.29) is 0 Å². The smallest absolute Gasteiger partial charge is 0.00382 e. The summed E-state index contributed by atoms with van der Waals surface area (Å²) < 4.78 is 0. The van der Waals surface area contributed by atoms with Crippen molar-refractivity contribution in [3.8, 4) is 0 Å².